The Morgan fingerprint density at radius 1 is 0.292 bits per heavy atom. The van der Waals surface area contributed by atoms with E-state index in [1.165, 1.54) is 97.2 Å². The predicted octanol–water partition coefficient (Wildman–Crippen LogP) is 12.3. The molecule has 0 heterocycles. The Morgan fingerprint density at radius 3 is 0.554 bits per heavy atom. The number of benzene rings is 4. The molecule has 0 amide bonds. The average molecular weight is 1020 g/mol. The van der Waals surface area contributed by atoms with Crippen LogP contribution in [0.3, 0.4) is 0 Å². The predicted molar refractivity (Wildman–Crippen MR) is 217 cm³/mol. The summed E-state index contributed by atoms with van der Waals surface area (Å²) in [5.74, 6) is -22.8. The Balaban J connectivity index is 0.000000440. The monoisotopic (exact) mass is 1020 g/mol. The van der Waals surface area contributed by atoms with E-state index in [1.807, 2.05) is 0 Å². The Hall–Kier alpha value is -3.74. The molecule has 0 saturated carbocycles. The Kier molecular flexibility index (Phi) is 17.9. The van der Waals surface area contributed by atoms with Crippen LogP contribution in [0.1, 0.15) is 128 Å². The van der Waals surface area contributed by atoms with Gasteiger partial charge >= 0.3 is 0 Å². The SMILES string of the molecule is CN(Cc1c(O)c(C(C)(C)C)c(F)c(F)c1F)Cc1c(O)c(C(C)(C)C)c(F)c(F)c1F.CN(Cc1c(O)c(C(C)(C)C)c(F)c(F)c1F)Cc1c(O)c(C(C)(C)C)c(F)c(F)c1F.[Y]. The maximum Gasteiger partial charge on any atom is 0.195 e. The van der Waals surface area contributed by atoms with E-state index >= 15 is 0 Å². The van der Waals surface area contributed by atoms with E-state index in [0.717, 1.165) is 9.80 Å². The number of aromatic hydroxyl groups is 4. The molecule has 359 valence electrons. The molecule has 6 nitrogen and oxygen atoms in total. The van der Waals surface area contributed by atoms with Crippen LogP contribution in [-0.4, -0.2) is 44.3 Å². The Labute approximate surface area is 396 Å². The van der Waals surface area contributed by atoms with Gasteiger partial charge in [0, 0.05) is 103 Å². The van der Waals surface area contributed by atoms with Crippen molar-refractivity contribution in [1.82, 2.24) is 9.80 Å². The summed E-state index contributed by atoms with van der Waals surface area (Å²) in [6.07, 6.45) is 0. The molecular weight excluding hydrogens is 961 g/mol. The zero-order chi connectivity index (χ0) is 49.8. The molecule has 4 aromatic carbocycles. The molecular formula is C46H54F12N2O4Y. The van der Waals surface area contributed by atoms with Gasteiger partial charge in [0.15, 0.2) is 69.8 Å². The van der Waals surface area contributed by atoms with Crippen LogP contribution in [0.15, 0.2) is 0 Å². The standard InChI is InChI=1S/2C23H27F6NO2.Y/c2*1-22(2,3)12-16(26)18(28)14(24)10(20(12)31)8-30(7)9-11-15(25)19(29)17(27)13(21(11)32)23(4,5)6;/h2*31-32H,8-9H2,1-7H3;. The summed E-state index contributed by atoms with van der Waals surface area (Å²) in [5.41, 5.74) is -8.36. The van der Waals surface area contributed by atoms with Crippen LogP contribution in [0.25, 0.3) is 0 Å². The second-order valence-corrected chi connectivity index (χ2v) is 19.9. The van der Waals surface area contributed by atoms with Crippen molar-refractivity contribution >= 4 is 0 Å². The summed E-state index contributed by atoms with van der Waals surface area (Å²) >= 11 is 0. The molecule has 4 aromatic rings. The largest absolute Gasteiger partial charge is 0.507 e. The summed E-state index contributed by atoms with van der Waals surface area (Å²) in [6.45, 7) is 15.8. The average Bonchev–Trinajstić information content (AvgIpc) is 3.13. The van der Waals surface area contributed by atoms with Gasteiger partial charge in [0.25, 0.3) is 0 Å². The van der Waals surface area contributed by atoms with Crippen LogP contribution in [0.2, 0.25) is 0 Å². The van der Waals surface area contributed by atoms with Gasteiger partial charge in [0.1, 0.15) is 23.0 Å². The first kappa shape index (κ1) is 57.4. The normalized spacial score (nSPS) is 12.5. The molecule has 0 aliphatic rings. The molecule has 65 heavy (non-hydrogen) atoms. The molecule has 4 N–H and O–H groups in total. The molecule has 0 fully saturated rings. The minimum atomic E-state index is -1.77. The second-order valence-electron chi connectivity index (χ2n) is 19.9. The Morgan fingerprint density at radius 2 is 0.431 bits per heavy atom. The first-order valence-corrected chi connectivity index (χ1v) is 19.7. The molecule has 0 saturated heterocycles. The number of nitrogens with zero attached hydrogens (tertiary/aromatic N) is 2. The number of rotatable bonds is 8. The fraction of sp³-hybridized carbons (Fsp3) is 0.478. The molecule has 4 rings (SSSR count). The van der Waals surface area contributed by atoms with Crippen LogP contribution in [-0.2, 0) is 80.5 Å². The van der Waals surface area contributed by atoms with E-state index in [9.17, 15) is 73.1 Å². The van der Waals surface area contributed by atoms with Crippen molar-refractivity contribution in [2.24, 2.45) is 0 Å². The van der Waals surface area contributed by atoms with Gasteiger partial charge in [-0.2, -0.15) is 0 Å². The molecule has 0 aliphatic carbocycles. The summed E-state index contributed by atoms with van der Waals surface area (Å²) < 4.78 is 172. The smallest absolute Gasteiger partial charge is 0.195 e. The molecule has 0 aromatic heterocycles. The molecule has 0 bridgehead atoms. The second kappa shape index (κ2) is 20.2. The summed E-state index contributed by atoms with van der Waals surface area (Å²) in [5, 5.41) is 41.8. The van der Waals surface area contributed by atoms with Crippen molar-refractivity contribution in [1.29, 1.82) is 0 Å². The number of halogens is 12. The van der Waals surface area contributed by atoms with Crippen LogP contribution in [0.4, 0.5) is 52.7 Å². The minimum absolute atomic E-state index is 0. The number of hydrogen-bond acceptors (Lipinski definition) is 6. The van der Waals surface area contributed by atoms with Gasteiger partial charge in [-0.05, 0) is 35.8 Å². The van der Waals surface area contributed by atoms with E-state index in [4.69, 9.17) is 0 Å². The quantitative estimate of drug-likeness (QED) is 0.104. The van der Waals surface area contributed by atoms with Crippen molar-refractivity contribution in [3.05, 3.63) is 114 Å². The van der Waals surface area contributed by atoms with Gasteiger partial charge < -0.3 is 20.4 Å². The number of phenolic OH excluding ortho intramolecular Hbond substituents is 4. The molecule has 0 spiro atoms. The first-order chi connectivity index (χ1) is 28.8. The molecule has 0 aliphatic heterocycles. The van der Waals surface area contributed by atoms with Crippen molar-refractivity contribution in [2.45, 2.75) is 131 Å². The number of hydrogen-bond donors (Lipinski definition) is 4. The van der Waals surface area contributed by atoms with Gasteiger partial charge in [-0.3, -0.25) is 9.80 Å². The molecule has 0 unspecified atom stereocenters. The van der Waals surface area contributed by atoms with E-state index in [2.05, 4.69) is 0 Å². The molecule has 19 heteroatoms. The van der Waals surface area contributed by atoms with Gasteiger partial charge in [-0.25, -0.2) is 52.7 Å². The first-order valence-electron chi connectivity index (χ1n) is 19.7. The topological polar surface area (TPSA) is 87.4 Å². The maximum atomic E-state index is 14.5. The molecule has 0 atom stereocenters. The van der Waals surface area contributed by atoms with Crippen LogP contribution < -0.4 is 0 Å². The third-order valence-electron chi connectivity index (χ3n) is 10.3. The van der Waals surface area contributed by atoms with Crippen molar-refractivity contribution in [2.75, 3.05) is 14.1 Å². The van der Waals surface area contributed by atoms with E-state index in [0.29, 0.717) is 0 Å². The Bertz CT molecular complexity index is 2120. The summed E-state index contributed by atoms with van der Waals surface area (Å²) in [4.78, 5) is 2.29. The zero-order valence-electron chi connectivity index (χ0n) is 38.6. The van der Waals surface area contributed by atoms with Crippen LogP contribution >= 0.6 is 0 Å². The fourth-order valence-corrected chi connectivity index (χ4v) is 7.30. The number of phenols is 4. The van der Waals surface area contributed by atoms with Crippen LogP contribution in [0.5, 0.6) is 23.0 Å². The van der Waals surface area contributed by atoms with Crippen molar-refractivity contribution < 1.29 is 106 Å². The van der Waals surface area contributed by atoms with Gasteiger partial charge in [0.2, 0.25) is 0 Å². The maximum absolute atomic E-state index is 14.5. The minimum Gasteiger partial charge on any atom is -0.507 e. The fourth-order valence-electron chi connectivity index (χ4n) is 7.30. The third-order valence-corrected chi connectivity index (χ3v) is 10.3. The summed E-state index contributed by atoms with van der Waals surface area (Å²) in [6, 6.07) is 0. The van der Waals surface area contributed by atoms with Crippen LogP contribution in [0, 0.1) is 69.8 Å². The van der Waals surface area contributed by atoms with Gasteiger partial charge in [-0.15, -0.1) is 0 Å². The molecule has 1 radical (unpaired) electrons. The van der Waals surface area contributed by atoms with Crippen molar-refractivity contribution in [3.8, 4) is 23.0 Å². The summed E-state index contributed by atoms with van der Waals surface area (Å²) in [7, 11) is 2.60. The van der Waals surface area contributed by atoms with Gasteiger partial charge in [-0.1, -0.05) is 83.1 Å². The van der Waals surface area contributed by atoms with Crippen molar-refractivity contribution in [3.63, 3.8) is 0 Å². The van der Waals surface area contributed by atoms with E-state index < -0.39 is 185 Å². The van der Waals surface area contributed by atoms with E-state index in [1.54, 1.807) is 0 Å². The zero-order valence-corrected chi connectivity index (χ0v) is 41.5. The third kappa shape index (κ3) is 11.7. The van der Waals surface area contributed by atoms with E-state index in [-0.39, 0.29) is 32.7 Å². The van der Waals surface area contributed by atoms with Gasteiger partial charge in [0.05, 0.1) is 0 Å².